The Balaban J connectivity index is 1.95. The highest BCUT2D eigenvalue weighted by Gasteiger charge is 2.12. The molecule has 1 heterocycles. The fraction of sp³-hybridized carbons (Fsp3) is 0.250. The number of benzene rings is 1. The minimum Gasteiger partial charge on any atom is -0.466 e. The van der Waals surface area contributed by atoms with Gasteiger partial charge >= 0.3 is 0 Å². The van der Waals surface area contributed by atoms with Gasteiger partial charge in [0, 0.05) is 28.6 Å². The first-order chi connectivity index (χ1) is 10.3. The lowest BCUT2D eigenvalue weighted by Gasteiger charge is -2.05. The number of nitrogens with one attached hydrogen (secondary N) is 1. The number of anilines is 1. The van der Waals surface area contributed by atoms with Crippen LogP contribution in [0.15, 0.2) is 28.7 Å². The molecule has 1 aromatic carbocycles. The molecule has 4 nitrogen and oxygen atoms in total. The molecule has 0 unspecified atom stereocenters. The molecule has 0 spiro atoms. The molecule has 22 heavy (non-hydrogen) atoms. The van der Waals surface area contributed by atoms with Crippen molar-refractivity contribution >= 4 is 40.6 Å². The van der Waals surface area contributed by atoms with Crippen LogP contribution >= 0.6 is 23.2 Å². The van der Waals surface area contributed by atoms with E-state index in [1.807, 2.05) is 0 Å². The van der Waals surface area contributed by atoms with Crippen LogP contribution in [-0.2, 0) is 11.2 Å². The average Bonchev–Trinajstić information content (AvgIpc) is 2.76. The molecule has 1 aromatic heterocycles. The Hall–Kier alpha value is -1.78. The molecule has 0 radical (unpaired) electrons. The van der Waals surface area contributed by atoms with Gasteiger partial charge in [-0.25, -0.2) is 0 Å². The number of carbonyl (C=O) groups excluding carboxylic acids is 2. The zero-order chi connectivity index (χ0) is 16.3. The summed E-state index contributed by atoms with van der Waals surface area (Å²) in [5.74, 6) is 0.953. The highest BCUT2D eigenvalue weighted by molar-refractivity contribution is 6.35. The van der Waals surface area contributed by atoms with E-state index < -0.39 is 0 Å². The van der Waals surface area contributed by atoms with E-state index in [1.54, 1.807) is 31.2 Å². The predicted molar refractivity (Wildman–Crippen MR) is 86.9 cm³/mol. The van der Waals surface area contributed by atoms with E-state index in [-0.39, 0.29) is 18.1 Å². The van der Waals surface area contributed by atoms with Crippen molar-refractivity contribution in [1.29, 1.82) is 0 Å². The molecule has 0 bridgehead atoms. The Morgan fingerprint density at radius 3 is 2.32 bits per heavy atom. The van der Waals surface area contributed by atoms with Crippen molar-refractivity contribution in [1.82, 2.24) is 0 Å². The molecule has 0 aliphatic heterocycles. The van der Waals surface area contributed by atoms with Crippen molar-refractivity contribution in [3.63, 3.8) is 0 Å². The molecule has 0 saturated heterocycles. The second-order valence-corrected chi connectivity index (χ2v) is 5.82. The van der Waals surface area contributed by atoms with Gasteiger partial charge in [-0.1, -0.05) is 23.2 Å². The lowest BCUT2D eigenvalue weighted by molar-refractivity contribution is -0.116. The third kappa shape index (κ3) is 4.36. The monoisotopic (exact) mass is 339 g/mol. The second kappa shape index (κ2) is 6.99. The molecule has 2 rings (SSSR count). The number of Topliss-reactive ketones (excluding diaryl/α,β-unsaturated/α-hetero) is 1. The van der Waals surface area contributed by atoms with Crippen LogP contribution in [0.3, 0.4) is 0 Å². The standard InChI is InChI=1S/C16H15Cl2NO3/c1-9(20)15-8-14(22-10(15)2)3-4-16(21)19-13-6-11(17)5-12(18)7-13/h5-8H,3-4H2,1-2H3,(H,19,21). The largest absolute Gasteiger partial charge is 0.466 e. The van der Waals surface area contributed by atoms with E-state index in [1.165, 1.54) is 6.92 Å². The molecule has 2 aromatic rings. The Labute approximate surface area is 138 Å². The summed E-state index contributed by atoms with van der Waals surface area (Å²) in [6.07, 6.45) is 0.642. The van der Waals surface area contributed by atoms with Gasteiger partial charge in [0.2, 0.25) is 5.91 Å². The number of hydrogen-bond donors (Lipinski definition) is 1. The minimum atomic E-state index is -0.184. The minimum absolute atomic E-state index is 0.0504. The zero-order valence-electron chi connectivity index (χ0n) is 12.2. The van der Waals surface area contributed by atoms with Crippen molar-refractivity contribution in [3.8, 4) is 0 Å². The maximum absolute atomic E-state index is 11.9. The van der Waals surface area contributed by atoms with Crippen LogP contribution < -0.4 is 5.32 Å². The summed E-state index contributed by atoms with van der Waals surface area (Å²) in [4.78, 5) is 23.3. The fourth-order valence-electron chi connectivity index (χ4n) is 2.10. The predicted octanol–water partition coefficient (Wildman–Crippen LogP) is 4.67. The SMILES string of the molecule is CC(=O)c1cc(CCC(=O)Nc2cc(Cl)cc(Cl)c2)oc1C. The second-order valence-electron chi connectivity index (χ2n) is 4.95. The summed E-state index contributed by atoms with van der Waals surface area (Å²) in [5, 5.41) is 3.63. The van der Waals surface area contributed by atoms with E-state index in [4.69, 9.17) is 27.6 Å². The summed E-state index contributed by atoms with van der Waals surface area (Å²) in [6.45, 7) is 3.21. The van der Waals surface area contributed by atoms with E-state index in [0.717, 1.165) is 0 Å². The summed E-state index contributed by atoms with van der Waals surface area (Å²) in [6, 6.07) is 6.52. The summed E-state index contributed by atoms with van der Waals surface area (Å²) in [5.41, 5.74) is 1.10. The maximum atomic E-state index is 11.9. The van der Waals surface area contributed by atoms with Crippen LogP contribution in [0.1, 0.15) is 35.2 Å². The summed E-state index contributed by atoms with van der Waals surface area (Å²) >= 11 is 11.7. The summed E-state index contributed by atoms with van der Waals surface area (Å²) in [7, 11) is 0. The van der Waals surface area contributed by atoms with Gasteiger partial charge in [0.05, 0.1) is 5.56 Å². The van der Waals surface area contributed by atoms with Gasteiger partial charge in [0.15, 0.2) is 5.78 Å². The number of amides is 1. The molecule has 116 valence electrons. The first-order valence-corrected chi connectivity index (χ1v) is 7.47. The number of ketones is 1. The fourth-order valence-corrected chi connectivity index (χ4v) is 2.63. The Morgan fingerprint density at radius 1 is 1.14 bits per heavy atom. The number of rotatable bonds is 5. The Bertz CT molecular complexity index is 702. The quantitative estimate of drug-likeness (QED) is 0.805. The lowest BCUT2D eigenvalue weighted by atomic mass is 10.1. The van der Waals surface area contributed by atoms with Gasteiger partial charge < -0.3 is 9.73 Å². The van der Waals surface area contributed by atoms with E-state index >= 15 is 0 Å². The number of carbonyl (C=O) groups is 2. The highest BCUT2D eigenvalue weighted by Crippen LogP contribution is 2.23. The molecule has 0 atom stereocenters. The molecule has 0 aliphatic carbocycles. The van der Waals surface area contributed by atoms with Crippen molar-refractivity contribution in [2.75, 3.05) is 5.32 Å². The van der Waals surface area contributed by atoms with E-state index in [0.29, 0.717) is 39.2 Å². The van der Waals surface area contributed by atoms with Crippen LogP contribution in [0.2, 0.25) is 10.0 Å². The van der Waals surface area contributed by atoms with Gasteiger partial charge in [-0.15, -0.1) is 0 Å². The Morgan fingerprint density at radius 2 is 1.77 bits per heavy atom. The number of furan rings is 1. The van der Waals surface area contributed by atoms with E-state index in [9.17, 15) is 9.59 Å². The lowest BCUT2D eigenvalue weighted by Crippen LogP contribution is -2.12. The average molecular weight is 340 g/mol. The molecule has 0 fully saturated rings. The third-order valence-electron chi connectivity index (χ3n) is 3.09. The van der Waals surface area contributed by atoms with Gasteiger partial charge in [0.1, 0.15) is 11.5 Å². The van der Waals surface area contributed by atoms with Crippen LogP contribution in [-0.4, -0.2) is 11.7 Å². The number of hydrogen-bond acceptors (Lipinski definition) is 3. The first-order valence-electron chi connectivity index (χ1n) is 6.71. The van der Waals surface area contributed by atoms with Crippen molar-refractivity contribution in [2.24, 2.45) is 0 Å². The van der Waals surface area contributed by atoms with Crippen molar-refractivity contribution < 1.29 is 14.0 Å². The molecule has 1 N–H and O–H groups in total. The molecule has 0 saturated carbocycles. The number of aryl methyl sites for hydroxylation is 2. The van der Waals surface area contributed by atoms with Gasteiger partial charge in [-0.2, -0.15) is 0 Å². The topological polar surface area (TPSA) is 59.3 Å². The maximum Gasteiger partial charge on any atom is 0.224 e. The van der Waals surface area contributed by atoms with Gasteiger partial charge in [-0.3, -0.25) is 9.59 Å². The Kier molecular flexibility index (Phi) is 5.27. The molecular weight excluding hydrogens is 325 g/mol. The van der Waals surface area contributed by atoms with Gasteiger partial charge in [0.25, 0.3) is 0 Å². The summed E-state index contributed by atoms with van der Waals surface area (Å²) < 4.78 is 5.47. The van der Waals surface area contributed by atoms with Crippen LogP contribution in [0.5, 0.6) is 0 Å². The van der Waals surface area contributed by atoms with Crippen molar-refractivity contribution in [2.45, 2.75) is 26.7 Å². The number of halogens is 2. The highest BCUT2D eigenvalue weighted by atomic mass is 35.5. The first kappa shape index (κ1) is 16.6. The smallest absolute Gasteiger partial charge is 0.224 e. The van der Waals surface area contributed by atoms with Crippen LogP contribution in [0.25, 0.3) is 0 Å². The molecule has 1 amide bonds. The third-order valence-corrected chi connectivity index (χ3v) is 3.53. The zero-order valence-corrected chi connectivity index (χ0v) is 13.7. The normalized spacial score (nSPS) is 10.5. The molecule has 6 heteroatoms. The van der Waals surface area contributed by atoms with E-state index in [2.05, 4.69) is 5.32 Å². The van der Waals surface area contributed by atoms with Crippen LogP contribution in [0.4, 0.5) is 5.69 Å². The van der Waals surface area contributed by atoms with Gasteiger partial charge in [-0.05, 0) is 38.1 Å². The van der Waals surface area contributed by atoms with Crippen molar-refractivity contribution in [3.05, 3.63) is 51.4 Å². The molecular formula is C16H15Cl2NO3. The van der Waals surface area contributed by atoms with Crippen LogP contribution in [0, 0.1) is 6.92 Å². The molecule has 0 aliphatic rings.